The van der Waals surface area contributed by atoms with Gasteiger partial charge >= 0.3 is 0 Å². The lowest BCUT2D eigenvalue weighted by Gasteiger charge is -2.32. The molecular formula is C23H29N3O4. The normalized spacial score (nSPS) is 16.1. The number of aryl methyl sites for hydroxylation is 1. The van der Waals surface area contributed by atoms with Crippen LogP contribution >= 0.6 is 0 Å². The molecule has 3 rings (SSSR count). The second kappa shape index (κ2) is 10.6. The highest BCUT2D eigenvalue weighted by Crippen LogP contribution is 2.20. The summed E-state index contributed by atoms with van der Waals surface area (Å²) in [6, 6.07) is 11.1. The lowest BCUT2D eigenvalue weighted by Crippen LogP contribution is -2.43. The Kier molecular flexibility index (Phi) is 7.65. The molecule has 1 aromatic heterocycles. The van der Waals surface area contributed by atoms with Gasteiger partial charge in [-0.3, -0.25) is 9.59 Å². The van der Waals surface area contributed by atoms with Crippen LogP contribution in [0.25, 0.3) is 0 Å². The number of pyridine rings is 1. The van der Waals surface area contributed by atoms with Gasteiger partial charge in [0.2, 0.25) is 11.8 Å². The maximum Gasteiger partial charge on any atom is 0.230 e. The molecule has 0 bridgehead atoms. The van der Waals surface area contributed by atoms with Crippen LogP contribution in [0.4, 0.5) is 5.82 Å². The highest BCUT2D eigenvalue weighted by Gasteiger charge is 2.28. The highest BCUT2D eigenvalue weighted by molar-refractivity contribution is 5.92. The molecule has 0 spiro atoms. The number of rotatable bonds is 8. The molecule has 7 heteroatoms. The Morgan fingerprint density at radius 3 is 2.63 bits per heavy atom. The van der Waals surface area contributed by atoms with Crippen molar-refractivity contribution in [3.63, 3.8) is 0 Å². The third kappa shape index (κ3) is 6.20. The first kappa shape index (κ1) is 21.6. The van der Waals surface area contributed by atoms with Gasteiger partial charge in [-0.15, -0.1) is 0 Å². The van der Waals surface area contributed by atoms with Gasteiger partial charge in [-0.05, 0) is 62.1 Å². The fraction of sp³-hybridized carbons (Fsp3) is 0.435. The van der Waals surface area contributed by atoms with E-state index in [2.05, 4.69) is 10.3 Å². The van der Waals surface area contributed by atoms with E-state index in [9.17, 15) is 9.59 Å². The lowest BCUT2D eigenvalue weighted by atomic mass is 9.96. The van der Waals surface area contributed by atoms with E-state index < -0.39 is 0 Å². The van der Waals surface area contributed by atoms with Crippen molar-refractivity contribution in [1.29, 1.82) is 0 Å². The number of hydrogen-bond acceptors (Lipinski definition) is 5. The number of carbonyl (C=O) groups is 2. The molecule has 1 atom stereocenters. The number of ether oxygens (including phenoxy) is 2. The van der Waals surface area contributed by atoms with E-state index >= 15 is 0 Å². The number of nitrogens with zero attached hydrogens (tertiary/aromatic N) is 2. The molecule has 1 aliphatic rings. The quantitative estimate of drug-likeness (QED) is 0.673. The summed E-state index contributed by atoms with van der Waals surface area (Å²) in [7, 11) is 1.62. The van der Waals surface area contributed by atoms with Crippen LogP contribution < -0.4 is 14.8 Å². The Labute approximate surface area is 177 Å². The van der Waals surface area contributed by atoms with Gasteiger partial charge in [0.25, 0.3) is 0 Å². The molecule has 1 N–H and O–H groups in total. The number of likely N-dealkylation sites (tertiary alicyclic amines) is 1. The Morgan fingerprint density at radius 2 is 1.93 bits per heavy atom. The van der Waals surface area contributed by atoms with Crippen molar-refractivity contribution >= 4 is 17.6 Å². The molecule has 1 fully saturated rings. The van der Waals surface area contributed by atoms with Crippen molar-refractivity contribution < 1.29 is 19.1 Å². The minimum Gasteiger partial charge on any atom is -0.497 e. The molecule has 2 heterocycles. The topological polar surface area (TPSA) is 80.8 Å². The summed E-state index contributed by atoms with van der Waals surface area (Å²) in [6.07, 6.45) is 4.37. The van der Waals surface area contributed by atoms with Crippen LogP contribution in [0, 0.1) is 12.8 Å². The molecule has 1 aliphatic heterocycles. The molecule has 2 aromatic rings. The number of amides is 2. The monoisotopic (exact) mass is 411 g/mol. The zero-order valence-corrected chi connectivity index (χ0v) is 17.6. The number of nitrogens with one attached hydrogen (secondary N) is 1. The van der Waals surface area contributed by atoms with Gasteiger partial charge in [0.05, 0.1) is 19.6 Å². The van der Waals surface area contributed by atoms with Crippen molar-refractivity contribution in [2.24, 2.45) is 5.92 Å². The Morgan fingerprint density at radius 1 is 1.17 bits per heavy atom. The molecule has 0 radical (unpaired) electrons. The molecule has 160 valence electrons. The first-order chi connectivity index (χ1) is 14.5. The van der Waals surface area contributed by atoms with E-state index in [-0.39, 0.29) is 17.7 Å². The molecule has 1 saturated heterocycles. The lowest BCUT2D eigenvalue weighted by molar-refractivity contribution is -0.134. The number of benzene rings is 1. The van der Waals surface area contributed by atoms with Crippen molar-refractivity contribution in [3.8, 4) is 11.5 Å². The summed E-state index contributed by atoms with van der Waals surface area (Å²) in [5, 5.41) is 2.86. The number of hydrogen-bond donors (Lipinski definition) is 1. The zero-order chi connectivity index (χ0) is 21.3. The van der Waals surface area contributed by atoms with Gasteiger partial charge in [0, 0.05) is 25.7 Å². The minimum atomic E-state index is -0.207. The van der Waals surface area contributed by atoms with E-state index in [0.717, 1.165) is 29.9 Å². The summed E-state index contributed by atoms with van der Waals surface area (Å²) >= 11 is 0. The van der Waals surface area contributed by atoms with Crippen LogP contribution in [0.3, 0.4) is 0 Å². The number of aromatic nitrogens is 1. The minimum absolute atomic E-state index is 0.0688. The fourth-order valence-corrected chi connectivity index (χ4v) is 3.43. The first-order valence-corrected chi connectivity index (χ1v) is 10.3. The van der Waals surface area contributed by atoms with E-state index in [1.165, 1.54) is 0 Å². The Balaban J connectivity index is 1.40. The van der Waals surface area contributed by atoms with E-state index in [1.54, 1.807) is 24.3 Å². The zero-order valence-electron chi connectivity index (χ0n) is 17.6. The number of methoxy groups -OCH3 is 1. The van der Waals surface area contributed by atoms with Gasteiger partial charge in [0.1, 0.15) is 17.3 Å². The van der Waals surface area contributed by atoms with Gasteiger partial charge < -0.3 is 19.7 Å². The van der Waals surface area contributed by atoms with Crippen LogP contribution in [0.15, 0.2) is 42.6 Å². The first-order valence-electron chi connectivity index (χ1n) is 10.3. The number of anilines is 1. The summed E-state index contributed by atoms with van der Waals surface area (Å²) in [5.74, 6) is 1.86. The van der Waals surface area contributed by atoms with E-state index in [0.29, 0.717) is 38.4 Å². The van der Waals surface area contributed by atoms with Crippen LogP contribution in [-0.4, -0.2) is 48.5 Å². The second-order valence-electron chi connectivity index (χ2n) is 7.52. The van der Waals surface area contributed by atoms with Crippen molar-refractivity contribution in [2.45, 2.75) is 32.6 Å². The van der Waals surface area contributed by atoms with Gasteiger partial charge in [-0.2, -0.15) is 0 Å². The standard InChI is InChI=1S/C23H29N3O4/c1-17-7-12-21(24-15-17)25-23(28)18-5-3-13-26(16-18)22(27)6-4-14-30-20-10-8-19(29-2)9-11-20/h7-12,15,18H,3-6,13-14,16H2,1-2H3,(H,24,25,28). The predicted octanol–water partition coefficient (Wildman–Crippen LogP) is 3.43. The molecule has 2 amide bonds. The van der Waals surface area contributed by atoms with Gasteiger partial charge in [0.15, 0.2) is 0 Å². The molecule has 1 aromatic carbocycles. The summed E-state index contributed by atoms with van der Waals surface area (Å²) in [5.41, 5.74) is 1.04. The number of piperidine rings is 1. The molecule has 0 aliphatic carbocycles. The molecular weight excluding hydrogens is 382 g/mol. The van der Waals surface area contributed by atoms with Gasteiger partial charge in [-0.1, -0.05) is 6.07 Å². The summed E-state index contributed by atoms with van der Waals surface area (Å²) < 4.78 is 10.8. The Hall–Kier alpha value is -3.09. The molecule has 30 heavy (non-hydrogen) atoms. The van der Waals surface area contributed by atoms with Crippen LogP contribution in [0.2, 0.25) is 0 Å². The molecule has 7 nitrogen and oxygen atoms in total. The summed E-state index contributed by atoms with van der Waals surface area (Å²) in [4.78, 5) is 31.1. The molecule has 0 saturated carbocycles. The van der Waals surface area contributed by atoms with Crippen molar-refractivity contribution in [2.75, 3.05) is 32.1 Å². The predicted molar refractivity (Wildman–Crippen MR) is 115 cm³/mol. The third-order valence-electron chi connectivity index (χ3n) is 5.17. The van der Waals surface area contributed by atoms with Gasteiger partial charge in [-0.25, -0.2) is 4.98 Å². The fourth-order valence-electron chi connectivity index (χ4n) is 3.43. The third-order valence-corrected chi connectivity index (χ3v) is 5.17. The summed E-state index contributed by atoms with van der Waals surface area (Å²) in [6.45, 7) is 3.57. The Bertz CT molecular complexity index is 837. The maximum absolute atomic E-state index is 12.6. The van der Waals surface area contributed by atoms with Crippen molar-refractivity contribution in [1.82, 2.24) is 9.88 Å². The average Bonchev–Trinajstić information content (AvgIpc) is 2.78. The van der Waals surface area contributed by atoms with E-state index in [4.69, 9.17) is 9.47 Å². The molecule has 1 unspecified atom stereocenters. The van der Waals surface area contributed by atoms with Crippen LogP contribution in [-0.2, 0) is 9.59 Å². The smallest absolute Gasteiger partial charge is 0.230 e. The SMILES string of the molecule is COc1ccc(OCCCC(=O)N2CCCC(C(=O)Nc3ccc(C)cn3)C2)cc1. The van der Waals surface area contributed by atoms with E-state index in [1.807, 2.05) is 37.3 Å². The second-order valence-corrected chi connectivity index (χ2v) is 7.52. The average molecular weight is 412 g/mol. The highest BCUT2D eigenvalue weighted by atomic mass is 16.5. The van der Waals surface area contributed by atoms with Crippen LogP contribution in [0.5, 0.6) is 11.5 Å². The van der Waals surface area contributed by atoms with Crippen LogP contribution in [0.1, 0.15) is 31.2 Å². The largest absolute Gasteiger partial charge is 0.497 e. The van der Waals surface area contributed by atoms with Crippen molar-refractivity contribution in [3.05, 3.63) is 48.2 Å². The maximum atomic E-state index is 12.6. The number of carbonyl (C=O) groups excluding carboxylic acids is 2.